The van der Waals surface area contributed by atoms with E-state index in [0.717, 1.165) is 43.9 Å². The number of alkyl halides is 3. The lowest BCUT2D eigenvalue weighted by molar-refractivity contribution is -0.137. The Morgan fingerprint density at radius 2 is 1.78 bits per heavy atom. The van der Waals surface area contributed by atoms with Gasteiger partial charge in [-0.3, -0.25) is 0 Å². The molecular formula is C16H17F3N4. The highest BCUT2D eigenvalue weighted by molar-refractivity contribution is 5.60. The van der Waals surface area contributed by atoms with Gasteiger partial charge in [0, 0.05) is 24.7 Å². The molecule has 0 radical (unpaired) electrons. The summed E-state index contributed by atoms with van der Waals surface area (Å²) in [4.78, 5) is 2.08. The SMILES string of the molecule is NC1CCCN(c2ccc(-c3ccc(C(F)(F)F)cc3)nn2)C1. The fourth-order valence-electron chi connectivity index (χ4n) is 2.70. The van der Waals surface area contributed by atoms with Crippen molar-refractivity contribution < 1.29 is 13.2 Å². The second-order valence-electron chi connectivity index (χ2n) is 5.70. The van der Waals surface area contributed by atoms with Crippen LogP contribution >= 0.6 is 0 Å². The predicted octanol–water partition coefficient (Wildman–Crippen LogP) is 3.09. The van der Waals surface area contributed by atoms with E-state index in [2.05, 4.69) is 15.1 Å². The molecule has 0 aliphatic carbocycles. The third-order valence-electron chi connectivity index (χ3n) is 3.94. The Labute approximate surface area is 132 Å². The van der Waals surface area contributed by atoms with Gasteiger partial charge in [0.1, 0.15) is 0 Å². The summed E-state index contributed by atoms with van der Waals surface area (Å²) in [6.45, 7) is 1.64. The van der Waals surface area contributed by atoms with Crippen LogP contribution in [0.3, 0.4) is 0 Å². The van der Waals surface area contributed by atoms with Crippen LogP contribution in [-0.2, 0) is 6.18 Å². The number of piperidine rings is 1. The number of aromatic nitrogens is 2. The van der Waals surface area contributed by atoms with E-state index >= 15 is 0 Å². The average Bonchev–Trinajstić information content (AvgIpc) is 2.54. The predicted molar refractivity (Wildman–Crippen MR) is 81.9 cm³/mol. The number of halogens is 3. The van der Waals surface area contributed by atoms with Crippen LogP contribution in [0.2, 0.25) is 0 Å². The quantitative estimate of drug-likeness (QED) is 0.923. The molecule has 7 heteroatoms. The molecule has 1 aliphatic heterocycles. The van der Waals surface area contributed by atoms with Gasteiger partial charge in [0.25, 0.3) is 0 Å². The maximum absolute atomic E-state index is 12.6. The largest absolute Gasteiger partial charge is 0.416 e. The van der Waals surface area contributed by atoms with E-state index in [-0.39, 0.29) is 6.04 Å². The second-order valence-corrected chi connectivity index (χ2v) is 5.70. The van der Waals surface area contributed by atoms with Gasteiger partial charge in [-0.25, -0.2) is 0 Å². The van der Waals surface area contributed by atoms with Crippen molar-refractivity contribution in [1.29, 1.82) is 0 Å². The van der Waals surface area contributed by atoms with Crippen molar-refractivity contribution in [2.24, 2.45) is 5.73 Å². The Bertz CT molecular complexity index is 653. The van der Waals surface area contributed by atoms with Crippen LogP contribution in [-0.4, -0.2) is 29.3 Å². The normalized spacial score (nSPS) is 19.0. The molecule has 2 heterocycles. The molecular weight excluding hydrogens is 305 g/mol. The molecule has 1 fully saturated rings. The molecule has 1 aromatic heterocycles. The van der Waals surface area contributed by atoms with Gasteiger partial charge in [0.2, 0.25) is 0 Å². The first-order valence-electron chi connectivity index (χ1n) is 7.45. The summed E-state index contributed by atoms with van der Waals surface area (Å²) < 4.78 is 37.7. The number of benzene rings is 1. The first kappa shape index (κ1) is 15.7. The summed E-state index contributed by atoms with van der Waals surface area (Å²) in [7, 11) is 0. The first-order chi connectivity index (χ1) is 10.9. The molecule has 0 bridgehead atoms. The highest BCUT2D eigenvalue weighted by atomic mass is 19.4. The lowest BCUT2D eigenvalue weighted by Crippen LogP contribution is -2.43. The molecule has 0 amide bonds. The molecule has 4 nitrogen and oxygen atoms in total. The molecule has 1 aliphatic rings. The Kier molecular flexibility index (Phi) is 4.21. The maximum atomic E-state index is 12.6. The summed E-state index contributed by atoms with van der Waals surface area (Å²) >= 11 is 0. The van der Waals surface area contributed by atoms with Crippen molar-refractivity contribution in [3.63, 3.8) is 0 Å². The highest BCUT2D eigenvalue weighted by Gasteiger charge is 2.30. The Morgan fingerprint density at radius 1 is 1.04 bits per heavy atom. The minimum absolute atomic E-state index is 0.139. The zero-order chi connectivity index (χ0) is 16.4. The van der Waals surface area contributed by atoms with Gasteiger partial charge in [-0.15, -0.1) is 10.2 Å². The minimum Gasteiger partial charge on any atom is -0.354 e. The zero-order valence-corrected chi connectivity index (χ0v) is 12.4. The molecule has 1 atom stereocenters. The highest BCUT2D eigenvalue weighted by Crippen LogP contribution is 2.30. The number of rotatable bonds is 2. The lowest BCUT2D eigenvalue weighted by atomic mass is 10.1. The third-order valence-corrected chi connectivity index (χ3v) is 3.94. The summed E-state index contributed by atoms with van der Waals surface area (Å²) in [5.41, 5.74) is 6.43. The van der Waals surface area contributed by atoms with E-state index in [1.807, 2.05) is 6.07 Å². The van der Waals surface area contributed by atoms with Gasteiger partial charge in [0.05, 0.1) is 11.3 Å². The van der Waals surface area contributed by atoms with Crippen molar-refractivity contribution in [3.05, 3.63) is 42.0 Å². The van der Waals surface area contributed by atoms with Crippen LogP contribution in [0.4, 0.5) is 19.0 Å². The Morgan fingerprint density at radius 3 is 2.35 bits per heavy atom. The van der Waals surface area contributed by atoms with Crippen molar-refractivity contribution in [1.82, 2.24) is 10.2 Å². The van der Waals surface area contributed by atoms with Crippen LogP contribution in [0.25, 0.3) is 11.3 Å². The van der Waals surface area contributed by atoms with Gasteiger partial charge < -0.3 is 10.6 Å². The standard InChI is InChI=1S/C16H17F3N4/c17-16(18,19)12-5-3-11(4-6-12)14-7-8-15(22-21-14)23-9-1-2-13(20)10-23/h3-8,13H,1-2,9-10,20H2. The number of nitrogens with zero attached hydrogens (tertiary/aromatic N) is 3. The molecule has 1 saturated heterocycles. The number of anilines is 1. The van der Waals surface area contributed by atoms with Gasteiger partial charge in [0.15, 0.2) is 5.82 Å². The van der Waals surface area contributed by atoms with E-state index in [1.165, 1.54) is 12.1 Å². The molecule has 0 saturated carbocycles. The number of hydrogen-bond donors (Lipinski definition) is 1. The molecule has 2 aromatic rings. The minimum atomic E-state index is -4.33. The van der Waals surface area contributed by atoms with Crippen LogP contribution in [0.15, 0.2) is 36.4 Å². The molecule has 1 aromatic carbocycles. The molecule has 0 spiro atoms. The van der Waals surface area contributed by atoms with E-state index in [4.69, 9.17) is 5.73 Å². The molecule has 23 heavy (non-hydrogen) atoms. The topological polar surface area (TPSA) is 55.0 Å². The molecule has 3 rings (SSSR count). The Hall–Kier alpha value is -2.15. The van der Waals surface area contributed by atoms with E-state index in [9.17, 15) is 13.2 Å². The summed E-state index contributed by atoms with van der Waals surface area (Å²) in [6, 6.07) is 8.65. The van der Waals surface area contributed by atoms with E-state index in [1.54, 1.807) is 6.07 Å². The zero-order valence-electron chi connectivity index (χ0n) is 12.4. The molecule has 122 valence electrons. The van der Waals surface area contributed by atoms with E-state index < -0.39 is 11.7 Å². The smallest absolute Gasteiger partial charge is 0.354 e. The Balaban J connectivity index is 1.77. The van der Waals surface area contributed by atoms with Gasteiger partial charge in [-0.2, -0.15) is 13.2 Å². The maximum Gasteiger partial charge on any atom is 0.416 e. The van der Waals surface area contributed by atoms with Crippen molar-refractivity contribution in [2.75, 3.05) is 18.0 Å². The fraction of sp³-hybridized carbons (Fsp3) is 0.375. The van der Waals surface area contributed by atoms with E-state index in [0.29, 0.717) is 11.3 Å². The first-order valence-corrected chi connectivity index (χ1v) is 7.45. The summed E-state index contributed by atoms with van der Waals surface area (Å²) in [5, 5.41) is 8.31. The van der Waals surface area contributed by atoms with Crippen LogP contribution < -0.4 is 10.6 Å². The van der Waals surface area contributed by atoms with Gasteiger partial charge >= 0.3 is 6.18 Å². The number of hydrogen-bond acceptors (Lipinski definition) is 4. The van der Waals surface area contributed by atoms with Crippen LogP contribution in [0.5, 0.6) is 0 Å². The summed E-state index contributed by atoms with van der Waals surface area (Å²) in [5.74, 6) is 0.746. The molecule has 2 N–H and O–H groups in total. The van der Waals surface area contributed by atoms with Crippen molar-refractivity contribution in [2.45, 2.75) is 25.1 Å². The summed E-state index contributed by atoms with van der Waals surface area (Å²) in [6.07, 6.45) is -2.31. The van der Waals surface area contributed by atoms with Crippen molar-refractivity contribution in [3.8, 4) is 11.3 Å². The third kappa shape index (κ3) is 3.61. The van der Waals surface area contributed by atoms with Crippen LogP contribution in [0, 0.1) is 0 Å². The van der Waals surface area contributed by atoms with Gasteiger partial charge in [-0.1, -0.05) is 12.1 Å². The molecule has 1 unspecified atom stereocenters. The second kappa shape index (κ2) is 6.16. The fourth-order valence-corrected chi connectivity index (χ4v) is 2.70. The van der Waals surface area contributed by atoms with Crippen molar-refractivity contribution >= 4 is 5.82 Å². The monoisotopic (exact) mass is 322 g/mol. The average molecular weight is 322 g/mol. The van der Waals surface area contributed by atoms with Crippen LogP contribution in [0.1, 0.15) is 18.4 Å². The number of nitrogens with two attached hydrogens (primary N) is 1. The van der Waals surface area contributed by atoms with Gasteiger partial charge in [-0.05, 0) is 37.1 Å². The lowest BCUT2D eigenvalue weighted by Gasteiger charge is -2.31.